The Hall–Kier alpha value is -4.96. The van der Waals surface area contributed by atoms with Gasteiger partial charge in [-0.15, -0.1) is 0 Å². The van der Waals surface area contributed by atoms with Gasteiger partial charge >= 0.3 is 0 Å². The molecule has 0 aliphatic carbocycles. The van der Waals surface area contributed by atoms with E-state index in [1.165, 1.54) is 6.20 Å². The minimum atomic E-state index is -0.375. The molecule has 0 fully saturated rings. The van der Waals surface area contributed by atoms with Crippen LogP contribution in [0.5, 0.6) is 0 Å². The van der Waals surface area contributed by atoms with E-state index in [4.69, 9.17) is 12.3 Å². The van der Waals surface area contributed by atoms with Crippen LogP contribution in [0.3, 0.4) is 0 Å². The second-order valence-corrected chi connectivity index (χ2v) is 8.62. The van der Waals surface area contributed by atoms with E-state index in [0.717, 1.165) is 33.5 Å². The average Bonchev–Trinajstić information content (AvgIpc) is 2.89. The molecule has 7 heteroatoms. The molecule has 7 nitrogen and oxygen atoms in total. The summed E-state index contributed by atoms with van der Waals surface area (Å²) in [4.78, 5) is 25.8. The number of nitrogens with one attached hydrogen (secondary N) is 1. The van der Waals surface area contributed by atoms with Crippen LogP contribution in [0.25, 0.3) is 32.4 Å². The van der Waals surface area contributed by atoms with Crippen molar-refractivity contribution in [2.24, 2.45) is 0 Å². The molecular formula is C29H24N6O. The first-order chi connectivity index (χ1) is 17.5. The van der Waals surface area contributed by atoms with E-state index in [2.05, 4.69) is 26.2 Å². The molecule has 176 valence electrons. The van der Waals surface area contributed by atoms with Crippen LogP contribution in [0.1, 0.15) is 24.2 Å². The Kier molecular flexibility index (Phi) is 5.93. The normalized spacial score (nSPS) is 11.7. The van der Waals surface area contributed by atoms with Crippen molar-refractivity contribution in [1.82, 2.24) is 14.5 Å². The molecule has 0 bridgehead atoms. The first-order valence-corrected chi connectivity index (χ1v) is 11.5. The maximum atomic E-state index is 14.2. The predicted molar refractivity (Wildman–Crippen MR) is 144 cm³/mol. The Labute approximate surface area is 208 Å². The topological polar surface area (TPSA) is 90.2 Å². The summed E-state index contributed by atoms with van der Waals surface area (Å²) in [5.74, 6) is 0.393. The van der Waals surface area contributed by atoms with Crippen LogP contribution in [-0.4, -0.2) is 14.5 Å². The lowest BCUT2D eigenvalue weighted by atomic mass is 9.97. The van der Waals surface area contributed by atoms with E-state index in [1.54, 1.807) is 4.57 Å². The van der Waals surface area contributed by atoms with E-state index < -0.39 is 0 Å². The van der Waals surface area contributed by atoms with Gasteiger partial charge in [0, 0.05) is 17.6 Å². The van der Waals surface area contributed by atoms with Crippen LogP contribution in [0.15, 0.2) is 89.9 Å². The number of rotatable bonds is 5. The lowest BCUT2D eigenvalue weighted by molar-refractivity contribution is 0.774. The van der Waals surface area contributed by atoms with Crippen molar-refractivity contribution in [3.8, 4) is 16.8 Å². The summed E-state index contributed by atoms with van der Waals surface area (Å²) in [7, 11) is 0. The predicted octanol–water partition coefficient (Wildman–Crippen LogP) is 6.06. The molecule has 0 aliphatic heterocycles. The fraction of sp³-hybridized carbons (Fsp3) is 0.103. The zero-order valence-electron chi connectivity index (χ0n) is 19.9. The molecular weight excluding hydrogens is 448 g/mol. The molecule has 3 N–H and O–H groups in total. The number of nitrogen functional groups attached to an aromatic ring is 1. The van der Waals surface area contributed by atoms with E-state index in [0.29, 0.717) is 11.2 Å². The standard InChI is InChI=1S/C29H24N6O/c1-18-9-7-10-20(15-18)23-14-8-11-21-16-25(19(2)33-27-24(31-3)17-32-29(30)34-27)35(28(36)26(21)23)22-12-5-4-6-13-22/h4-17,19H,1-2H3,(H3,30,32,33,34)/t19-/m0/s1. The molecule has 3 aromatic carbocycles. The van der Waals surface area contributed by atoms with Crippen LogP contribution in [-0.2, 0) is 0 Å². The minimum absolute atomic E-state index is 0.0684. The van der Waals surface area contributed by atoms with Gasteiger partial charge in [-0.05, 0) is 48.6 Å². The number of nitrogens with zero attached hydrogens (tertiary/aromatic N) is 4. The molecule has 0 aliphatic rings. The Morgan fingerprint density at radius 1 is 1.03 bits per heavy atom. The molecule has 5 aromatic rings. The number of hydrogen-bond donors (Lipinski definition) is 2. The average molecular weight is 473 g/mol. The van der Waals surface area contributed by atoms with Gasteiger partial charge in [0.15, 0.2) is 0 Å². The zero-order chi connectivity index (χ0) is 25.2. The highest BCUT2D eigenvalue weighted by atomic mass is 16.1. The van der Waals surface area contributed by atoms with Crippen molar-refractivity contribution >= 4 is 28.2 Å². The molecule has 0 unspecified atom stereocenters. The summed E-state index contributed by atoms with van der Waals surface area (Å²) in [6.07, 6.45) is 1.39. The summed E-state index contributed by atoms with van der Waals surface area (Å²) in [5, 5.41) is 4.75. The first-order valence-electron chi connectivity index (χ1n) is 11.5. The molecule has 0 radical (unpaired) electrons. The van der Waals surface area contributed by atoms with Crippen molar-refractivity contribution in [3.05, 3.63) is 118 Å². The number of aryl methyl sites for hydroxylation is 1. The SMILES string of the molecule is [C-]#[N+]c1cnc(N)nc1N[C@@H](C)c1cc2cccc(-c3cccc(C)c3)c2c(=O)n1-c1ccccc1. The van der Waals surface area contributed by atoms with Gasteiger partial charge < -0.3 is 11.1 Å². The molecule has 1 atom stereocenters. The Morgan fingerprint density at radius 3 is 2.56 bits per heavy atom. The van der Waals surface area contributed by atoms with Crippen LogP contribution < -0.4 is 16.6 Å². The van der Waals surface area contributed by atoms with Crippen LogP contribution in [0, 0.1) is 13.5 Å². The number of aromatic nitrogens is 3. The Balaban J connectivity index is 1.75. The molecule has 0 saturated carbocycles. The maximum absolute atomic E-state index is 14.2. The summed E-state index contributed by atoms with van der Waals surface area (Å²) in [6, 6.07) is 25.3. The molecule has 5 rings (SSSR count). The fourth-order valence-electron chi connectivity index (χ4n) is 4.45. The quantitative estimate of drug-likeness (QED) is 0.303. The van der Waals surface area contributed by atoms with Gasteiger partial charge in [-0.2, -0.15) is 0 Å². The number of pyridine rings is 1. The third-order valence-corrected chi connectivity index (χ3v) is 6.12. The summed E-state index contributed by atoms with van der Waals surface area (Å²) in [5.41, 5.74) is 10.4. The fourth-order valence-corrected chi connectivity index (χ4v) is 4.45. The molecule has 36 heavy (non-hydrogen) atoms. The molecule has 2 aromatic heterocycles. The number of para-hydroxylation sites is 1. The Morgan fingerprint density at radius 2 is 1.81 bits per heavy atom. The minimum Gasteiger partial charge on any atom is -0.371 e. The molecule has 0 amide bonds. The van der Waals surface area contributed by atoms with E-state index >= 15 is 0 Å². The van der Waals surface area contributed by atoms with Crippen molar-refractivity contribution in [1.29, 1.82) is 0 Å². The highest BCUT2D eigenvalue weighted by Crippen LogP contribution is 2.32. The molecule has 2 heterocycles. The first kappa shape index (κ1) is 22.8. The number of anilines is 2. The summed E-state index contributed by atoms with van der Waals surface area (Å²) >= 11 is 0. The van der Waals surface area contributed by atoms with Gasteiger partial charge in [0.1, 0.15) is 5.82 Å². The van der Waals surface area contributed by atoms with E-state index in [-0.39, 0.29) is 23.2 Å². The highest BCUT2D eigenvalue weighted by Gasteiger charge is 2.20. The van der Waals surface area contributed by atoms with Gasteiger partial charge in [-0.25, -0.2) is 14.8 Å². The second kappa shape index (κ2) is 9.35. The van der Waals surface area contributed by atoms with Crippen LogP contribution in [0.4, 0.5) is 17.5 Å². The van der Waals surface area contributed by atoms with Crippen molar-refractivity contribution in [2.45, 2.75) is 19.9 Å². The van der Waals surface area contributed by atoms with E-state index in [9.17, 15) is 4.79 Å². The van der Waals surface area contributed by atoms with Crippen molar-refractivity contribution in [2.75, 3.05) is 11.1 Å². The monoisotopic (exact) mass is 472 g/mol. The van der Waals surface area contributed by atoms with Gasteiger partial charge in [0.2, 0.25) is 11.6 Å². The second-order valence-electron chi connectivity index (χ2n) is 8.62. The third kappa shape index (κ3) is 4.17. The van der Waals surface area contributed by atoms with Gasteiger partial charge in [0.05, 0.1) is 18.0 Å². The lowest BCUT2D eigenvalue weighted by Crippen LogP contribution is -2.26. The maximum Gasteiger partial charge on any atom is 0.263 e. The van der Waals surface area contributed by atoms with Crippen LogP contribution >= 0.6 is 0 Å². The van der Waals surface area contributed by atoms with Crippen molar-refractivity contribution < 1.29 is 0 Å². The third-order valence-electron chi connectivity index (χ3n) is 6.12. The number of nitrogens with two attached hydrogens (primary N) is 1. The molecule has 0 spiro atoms. The zero-order valence-corrected chi connectivity index (χ0v) is 19.9. The smallest absolute Gasteiger partial charge is 0.263 e. The lowest BCUT2D eigenvalue weighted by Gasteiger charge is -2.22. The van der Waals surface area contributed by atoms with Crippen LogP contribution in [0.2, 0.25) is 0 Å². The molecule has 0 saturated heterocycles. The summed E-state index contributed by atoms with van der Waals surface area (Å²) < 4.78 is 1.72. The van der Waals surface area contributed by atoms with Gasteiger partial charge in [0.25, 0.3) is 5.56 Å². The van der Waals surface area contributed by atoms with E-state index in [1.807, 2.05) is 86.6 Å². The van der Waals surface area contributed by atoms with Gasteiger partial charge in [-0.1, -0.05) is 66.2 Å². The number of fused-ring (bicyclic) bond motifs is 1. The van der Waals surface area contributed by atoms with Gasteiger partial charge in [-0.3, -0.25) is 9.36 Å². The Bertz CT molecular complexity index is 1680. The highest BCUT2D eigenvalue weighted by molar-refractivity contribution is 5.96. The largest absolute Gasteiger partial charge is 0.371 e. The number of benzene rings is 3. The number of hydrogen-bond acceptors (Lipinski definition) is 5. The van der Waals surface area contributed by atoms with Crippen molar-refractivity contribution in [3.63, 3.8) is 0 Å². The summed E-state index contributed by atoms with van der Waals surface area (Å²) in [6.45, 7) is 11.4.